The van der Waals surface area contributed by atoms with Gasteiger partial charge in [-0.15, -0.1) is 11.8 Å². The number of benzene rings is 2. The Morgan fingerprint density at radius 1 is 1.05 bits per heavy atom. The summed E-state index contributed by atoms with van der Waals surface area (Å²) in [6.45, 7) is 4.85. The van der Waals surface area contributed by atoms with Gasteiger partial charge in [0.2, 0.25) is 5.91 Å². The highest BCUT2D eigenvalue weighted by atomic mass is 32.2. The molecule has 236 valence electrons. The van der Waals surface area contributed by atoms with Crippen molar-refractivity contribution < 1.29 is 31.2 Å². The van der Waals surface area contributed by atoms with Crippen molar-refractivity contribution in [1.82, 2.24) is 15.5 Å². The predicted octanol–water partition coefficient (Wildman–Crippen LogP) is 5.40. The van der Waals surface area contributed by atoms with Crippen LogP contribution in [0, 0.1) is 11.8 Å². The van der Waals surface area contributed by atoms with Gasteiger partial charge in [0, 0.05) is 35.1 Å². The summed E-state index contributed by atoms with van der Waals surface area (Å²) in [6.07, 6.45) is 1.73. The third kappa shape index (κ3) is 9.21. The lowest BCUT2D eigenvalue weighted by Gasteiger charge is -2.43. The smallest absolute Gasteiger partial charge is 0.352 e. The van der Waals surface area contributed by atoms with E-state index in [2.05, 4.69) is 29.4 Å². The van der Waals surface area contributed by atoms with Crippen molar-refractivity contribution in [2.24, 2.45) is 11.8 Å². The Bertz CT molecular complexity index is 1380. The second-order valence-corrected chi connectivity index (χ2v) is 14.8. The van der Waals surface area contributed by atoms with E-state index in [0.717, 1.165) is 36.1 Å². The second kappa shape index (κ2) is 14.0. The molecule has 7 nitrogen and oxygen atoms in total. The summed E-state index contributed by atoms with van der Waals surface area (Å²) < 4.78 is 66.2. The molecule has 0 unspecified atom stereocenters. The Balaban J connectivity index is 1.45. The van der Waals surface area contributed by atoms with E-state index in [-0.39, 0.29) is 28.2 Å². The van der Waals surface area contributed by atoms with Crippen LogP contribution in [0.1, 0.15) is 61.9 Å². The maximum atomic E-state index is 13.5. The molecule has 0 aliphatic heterocycles. The third-order valence-corrected chi connectivity index (χ3v) is 10.9. The molecule has 2 aromatic carbocycles. The van der Waals surface area contributed by atoms with Gasteiger partial charge in [-0.3, -0.25) is 14.5 Å². The molecule has 43 heavy (non-hydrogen) atoms. The molecule has 3 atom stereocenters. The minimum Gasteiger partial charge on any atom is -0.352 e. The van der Waals surface area contributed by atoms with Gasteiger partial charge in [0.15, 0.2) is 9.84 Å². The number of rotatable bonds is 12. The summed E-state index contributed by atoms with van der Waals surface area (Å²) in [6, 6.07) is 10.9. The van der Waals surface area contributed by atoms with Gasteiger partial charge in [-0.2, -0.15) is 13.2 Å². The molecule has 2 aliphatic carbocycles. The van der Waals surface area contributed by atoms with Crippen LogP contribution in [0.4, 0.5) is 13.2 Å². The Hall–Kier alpha value is -2.57. The monoisotopic (exact) mass is 639 g/mol. The van der Waals surface area contributed by atoms with Gasteiger partial charge in [0.05, 0.1) is 22.8 Å². The zero-order valence-electron chi connectivity index (χ0n) is 24.7. The Morgan fingerprint density at radius 2 is 1.74 bits per heavy atom. The van der Waals surface area contributed by atoms with Crippen molar-refractivity contribution in [1.29, 1.82) is 0 Å². The van der Waals surface area contributed by atoms with Gasteiger partial charge in [-0.05, 0) is 107 Å². The van der Waals surface area contributed by atoms with E-state index >= 15 is 0 Å². The molecule has 2 N–H and O–H groups in total. The summed E-state index contributed by atoms with van der Waals surface area (Å²) in [7, 11) is -3.65. The SMILES string of the molecule is CSc1ccc(S(=O)(=O)C[C@H]2C[C@@H](N(CC3CC3)C(C)C)CC[C@@H]2NC(=O)CNC(=O)c2cccc(C(F)(F)F)c2)cc1. The number of hydrogen-bond acceptors (Lipinski definition) is 6. The lowest BCUT2D eigenvalue weighted by molar-refractivity contribution is -0.137. The number of halogens is 3. The summed E-state index contributed by atoms with van der Waals surface area (Å²) in [4.78, 5) is 29.1. The molecule has 2 amide bonds. The minimum absolute atomic E-state index is 0.126. The molecule has 2 fully saturated rings. The third-order valence-electron chi connectivity index (χ3n) is 8.31. The van der Waals surface area contributed by atoms with Gasteiger partial charge >= 0.3 is 6.18 Å². The summed E-state index contributed by atoms with van der Waals surface area (Å²) in [5.74, 6) is -1.12. The highest BCUT2D eigenvalue weighted by Crippen LogP contribution is 2.36. The Morgan fingerprint density at radius 3 is 2.35 bits per heavy atom. The number of amides is 2. The lowest BCUT2D eigenvalue weighted by Crippen LogP contribution is -2.53. The molecule has 2 saturated carbocycles. The molecule has 0 bridgehead atoms. The van der Waals surface area contributed by atoms with Crippen LogP contribution in [0.3, 0.4) is 0 Å². The van der Waals surface area contributed by atoms with Crippen molar-refractivity contribution in [2.45, 2.75) is 80.0 Å². The topological polar surface area (TPSA) is 95.6 Å². The van der Waals surface area contributed by atoms with E-state index in [1.165, 1.54) is 30.7 Å². The van der Waals surface area contributed by atoms with E-state index in [1.54, 1.807) is 24.3 Å². The largest absolute Gasteiger partial charge is 0.416 e. The lowest BCUT2D eigenvalue weighted by atomic mass is 9.81. The fourth-order valence-corrected chi connectivity index (χ4v) is 7.90. The fraction of sp³-hybridized carbons (Fsp3) is 0.548. The number of carbonyl (C=O) groups excluding carboxylic acids is 2. The number of sulfone groups is 1. The van der Waals surface area contributed by atoms with E-state index in [4.69, 9.17) is 0 Å². The average Bonchev–Trinajstić information content (AvgIpc) is 3.79. The number of nitrogens with zero attached hydrogens (tertiary/aromatic N) is 1. The number of thioether (sulfide) groups is 1. The van der Waals surface area contributed by atoms with Crippen molar-refractivity contribution in [3.63, 3.8) is 0 Å². The molecule has 2 aromatic rings. The molecule has 0 radical (unpaired) electrons. The predicted molar refractivity (Wildman–Crippen MR) is 162 cm³/mol. The van der Waals surface area contributed by atoms with Gasteiger partial charge in [-0.25, -0.2) is 8.42 Å². The van der Waals surface area contributed by atoms with Gasteiger partial charge in [0.25, 0.3) is 5.91 Å². The van der Waals surface area contributed by atoms with Crippen molar-refractivity contribution in [3.8, 4) is 0 Å². The van der Waals surface area contributed by atoms with Crippen LogP contribution in [0.15, 0.2) is 58.3 Å². The first-order chi connectivity index (χ1) is 20.3. The molecule has 0 saturated heterocycles. The number of hydrogen-bond donors (Lipinski definition) is 2. The molecule has 2 aliphatic rings. The molecular weight excluding hydrogens is 599 g/mol. The van der Waals surface area contributed by atoms with Crippen LogP contribution in [0.25, 0.3) is 0 Å². The first-order valence-corrected chi connectivity index (χ1v) is 17.5. The van der Waals surface area contributed by atoms with Gasteiger partial charge in [-0.1, -0.05) is 6.07 Å². The molecule has 0 spiro atoms. The van der Waals surface area contributed by atoms with Gasteiger partial charge in [0.1, 0.15) is 0 Å². The fourth-order valence-electron chi connectivity index (χ4n) is 5.81. The molecular formula is C31H40F3N3O4S2. The van der Waals surface area contributed by atoms with Crippen molar-refractivity contribution >= 4 is 33.4 Å². The summed E-state index contributed by atoms with van der Waals surface area (Å²) in [5.41, 5.74) is -1.16. The minimum atomic E-state index is -4.59. The summed E-state index contributed by atoms with van der Waals surface area (Å²) in [5, 5.41) is 5.32. The molecule has 0 aromatic heterocycles. The Kier molecular flexibility index (Phi) is 10.9. The van der Waals surface area contributed by atoms with Crippen molar-refractivity contribution in [2.75, 3.05) is 25.1 Å². The number of alkyl halides is 3. The molecule has 4 rings (SSSR count). The molecule has 0 heterocycles. The second-order valence-electron chi connectivity index (χ2n) is 11.9. The van der Waals surface area contributed by atoms with Crippen LogP contribution >= 0.6 is 11.8 Å². The van der Waals surface area contributed by atoms with Crippen molar-refractivity contribution in [3.05, 3.63) is 59.7 Å². The van der Waals surface area contributed by atoms with Crippen LogP contribution < -0.4 is 10.6 Å². The van der Waals surface area contributed by atoms with Crippen LogP contribution in [0.2, 0.25) is 0 Å². The van der Waals surface area contributed by atoms with E-state index in [9.17, 15) is 31.2 Å². The first kappa shape index (κ1) is 33.3. The zero-order chi connectivity index (χ0) is 31.4. The quantitative estimate of drug-likeness (QED) is 0.302. The summed E-state index contributed by atoms with van der Waals surface area (Å²) >= 11 is 1.53. The van der Waals surface area contributed by atoms with E-state index in [1.807, 2.05) is 6.26 Å². The van der Waals surface area contributed by atoms with Crippen LogP contribution in [0.5, 0.6) is 0 Å². The van der Waals surface area contributed by atoms with Gasteiger partial charge < -0.3 is 10.6 Å². The average molecular weight is 640 g/mol. The van der Waals surface area contributed by atoms with E-state index in [0.29, 0.717) is 24.8 Å². The number of carbonyl (C=O) groups is 2. The Labute approximate surface area is 256 Å². The van der Waals surface area contributed by atoms with Crippen LogP contribution in [-0.2, 0) is 20.8 Å². The maximum Gasteiger partial charge on any atom is 0.416 e. The van der Waals surface area contributed by atoms with Crippen LogP contribution in [-0.4, -0.2) is 68.4 Å². The zero-order valence-corrected chi connectivity index (χ0v) is 26.3. The molecule has 12 heteroatoms. The normalized spacial score (nSPS) is 21.2. The standard InChI is InChI=1S/C31H40F3N3O4S2/c1-20(2)37(18-21-7-8-21)25-9-14-28(23(16-25)19-43(40,41)27-12-10-26(42-3)11-13-27)36-29(38)17-35-30(39)22-5-4-6-24(15-22)31(32,33)34/h4-6,10-13,15,20-21,23,25,28H,7-9,14,16-19H2,1-3H3,(H,35,39)(H,36,38)/t23-,25+,28+/m1/s1. The highest BCUT2D eigenvalue weighted by Gasteiger charge is 2.39. The number of nitrogens with one attached hydrogen (secondary N) is 2. The highest BCUT2D eigenvalue weighted by molar-refractivity contribution is 7.98. The first-order valence-electron chi connectivity index (χ1n) is 14.6. The van der Waals surface area contributed by atoms with E-state index < -0.39 is 46.0 Å². The maximum absolute atomic E-state index is 13.5.